The SMILES string of the molecule is CC(C)CCCC(C)[C@H]1CC[C@H]2[C@@H]3CC=C4C[C@@H](OC(=O)CCC(=O)N(CCC(C)(C)NC(=O)OC(C)(C)C)CCC(C)(C)NC(=O)OC(C)(C)C)CC[C@]4(C)[C@H]3CC[C@]12C. The molecule has 10 heteroatoms. The van der Waals surface area contributed by atoms with Gasteiger partial charge in [0, 0.05) is 37.0 Å². The Kier molecular flexibility index (Phi) is 16.6. The molecule has 61 heavy (non-hydrogen) atoms. The van der Waals surface area contributed by atoms with Crippen LogP contribution >= 0.6 is 0 Å². The minimum Gasteiger partial charge on any atom is -0.462 e. The number of fused-ring (bicyclic) bond motifs is 5. The molecule has 0 radical (unpaired) electrons. The van der Waals surface area contributed by atoms with E-state index >= 15 is 0 Å². The highest BCUT2D eigenvalue weighted by Crippen LogP contribution is 2.67. The van der Waals surface area contributed by atoms with Gasteiger partial charge in [0.05, 0.1) is 6.42 Å². The molecule has 3 saturated carbocycles. The number of nitrogens with one attached hydrogen (secondary N) is 2. The summed E-state index contributed by atoms with van der Waals surface area (Å²) in [7, 11) is 0. The molecule has 0 aromatic rings. The highest BCUT2D eigenvalue weighted by Gasteiger charge is 2.59. The van der Waals surface area contributed by atoms with E-state index in [-0.39, 0.29) is 36.2 Å². The zero-order valence-electron chi connectivity index (χ0n) is 41.4. The lowest BCUT2D eigenvalue weighted by Gasteiger charge is -2.58. The number of alkyl carbamates (subject to hydrolysis) is 2. The average Bonchev–Trinajstić information content (AvgIpc) is 3.45. The van der Waals surface area contributed by atoms with E-state index in [1.165, 1.54) is 50.5 Å². The molecule has 4 aliphatic rings. The molecule has 4 rings (SSSR count). The van der Waals surface area contributed by atoms with Crippen molar-refractivity contribution >= 4 is 24.1 Å². The van der Waals surface area contributed by atoms with Crippen LogP contribution in [0.1, 0.15) is 200 Å². The van der Waals surface area contributed by atoms with Crippen LogP contribution in [-0.4, -0.2) is 70.4 Å². The van der Waals surface area contributed by atoms with Gasteiger partial charge in [-0.3, -0.25) is 9.59 Å². The van der Waals surface area contributed by atoms with Crippen LogP contribution in [0.15, 0.2) is 11.6 Å². The molecule has 0 heterocycles. The maximum Gasteiger partial charge on any atom is 0.408 e. The molecule has 350 valence electrons. The molecule has 0 aliphatic heterocycles. The summed E-state index contributed by atoms with van der Waals surface area (Å²) in [5.41, 5.74) is -0.500. The van der Waals surface area contributed by atoms with Crippen molar-refractivity contribution in [2.24, 2.45) is 46.3 Å². The van der Waals surface area contributed by atoms with Gasteiger partial charge in [0.25, 0.3) is 0 Å². The van der Waals surface area contributed by atoms with Crippen LogP contribution in [0.25, 0.3) is 0 Å². The number of hydrogen-bond donors (Lipinski definition) is 2. The van der Waals surface area contributed by atoms with E-state index in [0.29, 0.717) is 37.3 Å². The van der Waals surface area contributed by atoms with Gasteiger partial charge in [-0.25, -0.2) is 9.59 Å². The Bertz CT molecular complexity index is 1510. The van der Waals surface area contributed by atoms with Crippen LogP contribution in [0.3, 0.4) is 0 Å². The second-order valence-electron chi connectivity index (χ2n) is 24.0. The molecule has 0 aromatic carbocycles. The van der Waals surface area contributed by atoms with Crippen LogP contribution < -0.4 is 10.6 Å². The molecule has 0 bridgehead atoms. The van der Waals surface area contributed by atoms with Gasteiger partial charge in [-0.2, -0.15) is 0 Å². The summed E-state index contributed by atoms with van der Waals surface area (Å²) in [5.74, 6) is 4.21. The molecular weight excluding hydrogens is 767 g/mol. The van der Waals surface area contributed by atoms with Crippen LogP contribution in [-0.2, 0) is 23.8 Å². The highest BCUT2D eigenvalue weighted by atomic mass is 16.6. The number of esters is 1. The van der Waals surface area contributed by atoms with E-state index in [1.807, 2.05) is 69.2 Å². The van der Waals surface area contributed by atoms with Gasteiger partial charge in [0.1, 0.15) is 17.3 Å². The van der Waals surface area contributed by atoms with E-state index in [9.17, 15) is 19.2 Å². The van der Waals surface area contributed by atoms with E-state index in [4.69, 9.17) is 14.2 Å². The smallest absolute Gasteiger partial charge is 0.408 e. The van der Waals surface area contributed by atoms with Crippen molar-refractivity contribution in [2.45, 2.75) is 229 Å². The van der Waals surface area contributed by atoms with Crippen LogP contribution in [0.5, 0.6) is 0 Å². The first-order valence-corrected chi connectivity index (χ1v) is 24.2. The Balaban J connectivity index is 1.34. The third-order valence-electron chi connectivity index (χ3n) is 15.1. The van der Waals surface area contributed by atoms with Gasteiger partial charge in [0.2, 0.25) is 5.91 Å². The standard InChI is InChI=1S/C51H89N3O7/c1-34(2)17-16-18-35(3)39-21-22-40-38-20-19-36-33-37(25-27-50(36,14)41(38)26-28-51(39,40)15)59-43(56)24-23-42(55)54(31-29-48(10,11)52-44(57)60-46(4,5)6)32-30-49(12,13)53-45(58)61-47(7,8)9/h19,34-35,37-41H,16-18,20-33H2,1-15H3,(H,52,57)(H,53,58)/t35?,37-,38-,39+,40-,41-,50-,51+/m0/s1. The molecule has 10 nitrogen and oxygen atoms in total. The normalized spacial score (nSPS) is 28.4. The van der Waals surface area contributed by atoms with Crippen molar-refractivity contribution in [3.8, 4) is 0 Å². The lowest BCUT2D eigenvalue weighted by molar-refractivity contribution is -0.153. The van der Waals surface area contributed by atoms with Crippen LogP contribution in [0, 0.1) is 46.3 Å². The summed E-state index contributed by atoms with van der Waals surface area (Å²) in [5, 5.41) is 5.87. The Labute approximate surface area is 371 Å². The summed E-state index contributed by atoms with van der Waals surface area (Å²) >= 11 is 0. The van der Waals surface area contributed by atoms with Crippen molar-refractivity contribution in [2.75, 3.05) is 13.1 Å². The van der Waals surface area contributed by atoms with Gasteiger partial charge in [-0.15, -0.1) is 0 Å². The van der Waals surface area contributed by atoms with Crippen LogP contribution in [0.4, 0.5) is 9.59 Å². The van der Waals surface area contributed by atoms with E-state index in [0.717, 1.165) is 55.3 Å². The third kappa shape index (κ3) is 14.4. The van der Waals surface area contributed by atoms with E-state index in [2.05, 4.69) is 51.3 Å². The first-order chi connectivity index (χ1) is 28.0. The fraction of sp³-hybridized carbons (Fsp3) is 0.882. The van der Waals surface area contributed by atoms with Crippen molar-refractivity contribution in [1.29, 1.82) is 0 Å². The number of rotatable bonds is 17. The van der Waals surface area contributed by atoms with Gasteiger partial charge in [0.15, 0.2) is 0 Å². The summed E-state index contributed by atoms with van der Waals surface area (Å²) in [6.07, 6.45) is 15.6. The number of amides is 3. The molecule has 8 atom stereocenters. The Hall–Kier alpha value is -2.78. The van der Waals surface area contributed by atoms with Gasteiger partial charge in [-0.05, 0) is 173 Å². The summed E-state index contributed by atoms with van der Waals surface area (Å²) in [6.45, 7) is 31.6. The maximum absolute atomic E-state index is 13.9. The zero-order valence-corrected chi connectivity index (χ0v) is 41.4. The highest BCUT2D eigenvalue weighted by molar-refractivity contribution is 5.81. The molecule has 0 aromatic heterocycles. The monoisotopic (exact) mass is 856 g/mol. The first-order valence-electron chi connectivity index (χ1n) is 24.2. The fourth-order valence-electron chi connectivity index (χ4n) is 11.8. The minimum atomic E-state index is -0.671. The quantitative estimate of drug-likeness (QED) is 0.0848. The number of carbonyl (C=O) groups is 4. The minimum absolute atomic E-state index is 0.00325. The predicted molar refractivity (Wildman–Crippen MR) is 245 cm³/mol. The summed E-state index contributed by atoms with van der Waals surface area (Å²) in [6, 6.07) is 0. The van der Waals surface area contributed by atoms with Crippen molar-refractivity contribution in [3.05, 3.63) is 11.6 Å². The average molecular weight is 856 g/mol. The van der Waals surface area contributed by atoms with Gasteiger partial charge in [-0.1, -0.05) is 65.5 Å². The van der Waals surface area contributed by atoms with Crippen molar-refractivity contribution in [1.82, 2.24) is 15.5 Å². The number of allylic oxidation sites excluding steroid dienone is 1. The number of hydrogen-bond acceptors (Lipinski definition) is 7. The first kappa shape index (κ1) is 50.9. The topological polar surface area (TPSA) is 123 Å². The summed E-state index contributed by atoms with van der Waals surface area (Å²) in [4.78, 5) is 54.3. The fourth-order valence-corrected chi connectivity index (χ4v) is 11.8. The summed E-state index contributed by atoms with van der Waals surface area (Å²) < 4.78 is 17.1. The van der Waals surface area contributed by atoms with Gasteiger partial charge < -0.3 is 29.7 Å². The second-order valence-corrected chi connectivity index (χ2v) is 24.0. The lowest BCUT2D eigenvalue weighted by Crippen LogP contribution is -2.51. The Morgan fingerprint density at radius 1 is 0.754 bits per heavy atom. The largest absolute Gasteiger partial charge is 0.462 e. The molecule has 0 spiro atoms. The molecular formula is C51H89N3O7. The molecule has 0 saturated heterocycles. The number of carbonyl (C=O) groups excluding carboxylic acids is 4. The maximum atomic E-state index is 13.9. The van der Waals surface area contributed by atoms with Gasteiger partial charge >= 0.3 is 18.2 Å². The predicted octanol–water partition coefficient (Wildman–Crippen LogP) is 11.9. The lowest BCUT2D eigenvalue weighted by atomic mass is 9.47. The Morgan fingerprint density at radius 2 is 1.33 bits per heavy atom. The van der Waals surface area contributed by atoms with E-state index < -0.39 is 34.5 Å². The number of nitrogens with zero attached hydrogens (tertiary/aromatic N) is 1. The van der Waals surface area contributed by atoms with E-state index in [1.54, 1.807) is 4.90 Å². The molecule has 4 aliphatic carbocycles. The third-order valence-corrected chi connectivity index (χ3v) is 15.1. The zero-order chi connectivity index (χ0) is 45.8. The molecule has 2 N–H and O–H groups in total. The Morgan fingerprint density at radius 3 is 1.87 bits per heavy atom. The molecule has 1 unspecified atom stereocenters. The molecule has 3 fully saturated rings. The number of ether oxygens (including phenoxy) is 3. The second kappa shape index (κ2) is 19.9. The molecule has 3 amide bonds. The van der Waals surface area contributed by atoms with Crippen molar-refractivity contribution < 1.29 is 33.4 Å². The van der Waals surface area contributed by atoms with Crippen molar-refractivity contribution in [3.63, 3.8) is 0 Å². The van der Waals surface area contributed by atoms with Crippen LogP contribution in [0.2, 0.25) is 0 Å².